The molecule has 0 unspecified atom stereocenters. The smallest absolute Gasteiger partial charge is 0.261 e. The summed E-state index contributed by atoms with van der Waals surface area (Å²) in [6.07, 6.45) is 1.72. The highest BCUT2D eigenvalue weighted by Gasteiger charge is 2.34. The lowest BCUT2D eigenvalue weighted by Crippen LogP contribution is -2.34. The first-order valence-electron chi connectivity index (χ1n) is 9.50. The van der Waals surface area contributed by atoms with E-state index in [1.165, 1.54) is 5.56 Å². The summed E-state index contributed by atoms with van der Waals surface area (Å²) in [6, 6.07) is 15.4. The highest BCUT2D eigenvalue weighted by Crippen LogP contribution is 2.32. The average Bonchev–Trinajstić information content (AvgIpc) is 3.37. The number of likely N-dealkylation sites (tertiary alicyclic amines) is 1. The standard InChI is InChI=1S/C22H23N3O3/c1-15-5-9-17(10-6-15)21-23-22(28-24-21)19-4-3-13-25(19)20(26)14-27-18-11-7-16(2)8-12-18/h5-12,19H,3-4,13-14H2,1-2H3/t19-/m1/s1. The van der Waals surface area contributed by atoms with Gasteiger partial charge in [-0.1, -0.05) is 52.7 Å². The first-order valence-corrected chi connectivity index (χ1v) is 9.50. The highest BCUT2D eigenvalue weighted by atomic mass is 16.5. The molecule has 1 saturated heterocycles. The van der Waals surface area contributed by atoms with Gasteiger partial charge in [0.15, 0.2) is 6.61 Å². The van der Waals surface area contributed by atoms with Gasteiger partial charge in [0.2, 0.25) is 11.7 Å². The summed E-state index contributed by atoms with van der Waals surface area (Å²) in [5.74, 6) is 1.65. The monoisotopic (exact) mass is 377 g/mol. The normalized spacial score (nSPS) is 16.4. The fraction of sp³-hybridized carbons (Fsp3) is 0.318. The molecule has 2 aromatic carbocycles. The zero-order chi connectivity index (χ0) is 19.5. The number of benzene rings is 2. The molecule has 0 aliphatic carbocycles. The molecule has 0 N–H and O–H groups in total. The maximum absolute atomic E-state index is 12.7. The lowest BCUT2D eigenvalue weighted by molar-refractivity contribution is -0.134. The highest BCUT2D eigenvalue weighted by molar-refractivity contribution is 5.78. The van der Waals surface area contributed by atoms with Crippen LogP contribution < -0.4 is 4.74 Å². The van der Waals surface area contributed by atoms with Gasteiger partial charge >= 0.3 is 0 Å². The van der Waals surface area contributed by atoms with E-state index in [-0.39, 0.29) is 18.6 Å². The third kappa shape index (κ3) is 3.91. The van der Waals surface area contributed by atoms with Crippen molar-refractivity contribution in [3.8, 4) is 17.1 Å². The summed E-state index contributed by atoms with van der Waals surface area (Å²) >= 11 is 0. The van der Waals surface area contributed by atoms with Crippen LogP contribution in [0.5, 0.6) is 5.75 Å². The number of rotatable bonds is 5. The van der Waals surface area contributed by atoms with Crippen LogP contribution in [0, 0.1) is 13.8 Å². The number of ether oxygens (including phenoxy) is 1. The fourth-order valence-corrected chi connectivity index (χ4v) is 3.37. The van der Waals surface area contributed by atoms with Crippen LogP contribution in [-0.4, -0.2) is 34.1 Å². The molecule has 1 aliphatic heterocycles. The Morgan fingerprint density at radius 3 is 2.50 bits per heavy atom. The second-order valence-electron chi connectivity index (χ2n) is 7.17. The van der Waals surface area contributed by atoms with Crippen molar-refractivity contribution in [2.24, 2.45) is 0 Å². The van der Waals surface area contributed by atoms with Crippen molar-refractivity contribution < 1.29 is 14.1 Å². The number of aromatic nitrogens is 2. The van der Waals surface area contributed by atoms with Crippen molar-refractivity contribution in [2.45, 2.75) is 32.7 Å². The van der Waals surface area contributed by atoms with E-state index < -0.39 is 0 Å². The Labute approximate surface area is 164 Å². The Bertz CT molecular complexity index is 948. The van der Waals surface area contributed by atoms with Crippen molar-refractivity contribution in [2.75, 3.05) is 13.2 Å². The quantitative estimate of drug-likeness (QED) is 0.670. The molecule has 6 nitrogen and oxygen atoms in total. The van der Waals surface area contributed by atoms with Crippen LogP contribution >= 0.6 is 0 Å². The Morgan fingerprint density at radius 1 is 1.11 bits per heavy atom. The molecule has 6 heteroatoms. The van der Waals surface area contributed by atoms with Crippen molar-refractivity contribution in [1.82, 2.24) is 15.0 Å². The zero-order valence-corrected chi connectivity index (χ0v) is 16.1. The number of carbonyl (C=O) groups excluding carboxylic acids is 1. The zero-order valence-electron chi connectivity index (χ0n) is 16.1. The van der Waals surface area contributed by atoms with E-state index in [1.54, 1.807) is 4.90 Å². The predicted molar refractivity (Wildman–Crippen MR) is 105 cm³/mol. The lowest BCUT2D eigenvalue weighted by Gasteiger charge is -2.21. The predicted octanol–water partition coefficient (Wildman–Crippen LogP) is 4.10. The molecule has 0 bridgehead atoms. The first-order chi connectivity index (χ1) is 13.6. The van der Waals surface area contributed by atoms with Crippen molar-refractivity contribution >= 4 is 5.91 Å². The average molecular weight is 377 g/mol. The Kier molecular flexibility index (Phi) is 5.10. The molecule has 0 radical (unpaired) electrons. The molecule has 1 atom stereocenters. The molecule has 0 saturated carbocycles. The van der Waals surface area contributed by atoms with Gasteiger partial charge in [0.05, 0.1) is 0 Å². The third-order valence-electron chi connectivity index (χ3n) is 4.99. The number of hydrogen-bond donors (Lipinski definition) is 0. The van der Waals surface area contributed by atoms with Gasteiger partial charge in [0.25, 0.3) is 5.91 Å². The molecule has 28 heavy (non-hydrogen) atoms. The molecule has 0 spiro atoms. The van der Waals surface area contributed by atoms with Gasteiger partial charge in [-0.25, -0.2) is 0 Å². The molecule has 1 aromatic heterocycles. The third-order valence-corrected chi connectivity index (χ3v) is 4.99. The van der Waals surface area contributed by atoms with E-state index >= 15 is 0 Å². The molecule has 144 valence electrons. The van der Waals surface area contributed by atoms with E-state index in [0.717, 1.165) is 24.0 Å². The van der Waals surface area contributed by atoms with Gasteiger partial charge in [-0.05, 0) is 38.8 Å². The molecule has 3 aromatic rings. The van der Waals surface area contributed by atoms with E-state index in [1.807, 2.05) is 62.4 Å². The SMILES string of the molecule is Cc1ccc(OCC(=O)N2CCC[C@@H]2c2nc(-c3ccc(C)cc3)no2)cc1. The summed E-state index contributed by atoms with van der Waals surface area (Å²) in [6.45, 7) is 4.71. The second kappa shape index (κ2) is 7.84. The van der Waals surface area contributed by atoms with Crippen LogP contribution in [0.1, 0.15) is 35.9 Å². The summed E-state index contributed by atoms with van der Waals surface area (Å²) in [4.78, 5) is 19.0. The Hall–Kier alpha value is -3.15. The van der Waals surface area contributed by atoms with Gasteiger partial charge < -0.3 is 14.2 Å². The summed E-state index contributed by atoms with van der Waals surface area (Å²) in [5.41, 5.74) is 3.23. The van der Waals surface area contributed by atoms with Crippen molar-refractivity contribution in [1.29, 1.82) is 0 Å². The summed E-state index contributed by atoms with van der Waals surface area (Å²) < 4.78 is 11.1. The first kappa shape index (κ1) is 18.2. The van der Waals surface area contributed by atoms with Crippen molar-refractivity contribution in [3.05, 3.63) is 65.5 Å². The topological polar surface area (TPSA) is 68.5 Å². The number of nitrogens with zero attached hydrogens (tertiary/aromatic N) is 3. The Balaban J connectivity index is 1.43. The van der Waals surface area contributed by atoms with Gasteiger partial charge in [-0.3, -0.25) is 4.79 Å². The van der Waals surface area contributed by atoms with Crippen molar-refractivity contribution in [3.63, 3.8) is 0 Å². The largest absolute Gasteiger partial charge is 0.484 e. The maximum atomic E-state index is 12.7. The number of aryl methyl sites for hydroxylation is 2. The fourth-order valence-electron chi connectivity index (χ4n) is 3.37. The minimum Gasteiger partial charge on any atom is -0.484 e. The molecule has 1 fully saturated rings. The van der Waals surface area contributed by atoms with E-state index in [2.05, 4.69) is 10.1 Å². The summed E-state index contributed by atoms with van der Waals surface area (Å²) in [7, 11) is 0. The molecular formula is C22H23N3O3. The van der Waals surface area contributed by atoms with Gasteiger partial charge in [0.1, 0.15) is 11.8 Å². The molecule has 2 heterocycles. The van der Waals surface area contributed by atoms with Gasteiger partial charge in [-0.15, -0.1) is 0 Å². The molecule has 1 aliphatic rings. The van der Waals surface area contributed by atoms with Crippen LogP contribution in [0.2, 0.25) is 0 Å². The van der Waals surface area contributed by atoms with Crippen LogP contribution in [0.4, 0.5) is 0 Å². The molecule has 4 rings (SSSR count). The number of hydrogen-bond acceptors (Lipinski definition) is 5. The summed E-state index contributed by atoms with van der Waals surface area (Å²) in [5, 5.41) is 4.10. The number of carbonyl (C=O) groups is 1. The Morgan fingerprint density at radius 2 is 1.79 bits per heavy atom. The number of amides is 1. The van der Waals surface area contributed by atoms with Gasteiger partial charge in [0, 0.05) is 12.1 Å². The van der Waals surface area contributed by atoms with Crippen LogP contribution in [0.3, 0.4) is 0 Å². The van der Waals surface area contributed by atoms with Gasteiger partial charge in [-0.2, -0.15) is 4.98 Å². The van der Waals surface area contributed by atoms with Crippen LogP contribution in [-0.2, 0) is 4.79 Å². The van der Waals surface area contributed by atoms with E-state index in [9.17, 15) is 4.79 Å². The minimum atomic E-state index is -0.194. The minimum absolute atomic E-state index is 0.00147. The molecule has 1 amide bonds. The second-order valence-corrected chi connectivity index (χ2v) is 7.17. The van der Waals surface area contributed by atoms with Crippen LogP contribution in [0.15, 0.2) is 53.1 Å². The van der Waals surface area contributed by atoms with E-state index in [4.69, 9.17) is 9.26 Å². The molecular weight excluding hydrogens is 354 g/mol. The maximum Gasteiger partial charge on any atom is 0.261 e. The van der Waals surface area contributed by atoms with Crippen LogP contribution in [0.25, 0.3) is 11.4 Å². The lowest BCUT2D eigenvalue weighted by atomic mass is 10.1. The van der Waals surface area contributed by atoms with E-state index in [0.29, 0.717) is 24.0 Å².